The third-order valence-corrected chi connectivity index (χ3v) is 2.63. The lowest BCUT2D eigenvalue weighted by Gasteiger charge is -2.09. The van der Waals surface area contributed by atoms with Gasteiger partial charge in [0.05, 0.1) is 5.69 Å². The number of aryl methyl sites for hydroxylation is 2. The van der Waals surface area contributed by atoms with Crippen molar-refractivity contribution in [3.8, 4) is 5.88 Å². The lowest BCUT2D eigenvalue weighted by Crippen LogP contribution is -2.15. The summed E-state index contributed by atoms with van der Waals surface area (Å²) in [6.07, 6.45) is -3.06. The molecule has 0 atom stereocenters. The largest absolute Gasteiger partial charge is 0.435 e. The number of rotatable bonds is 3. The fraction of sp³-hybridized carbons (Fsp3) is 0.333. The Bertz CT molecular complexity index is 667. The molecule has 21 heavy (non-hydrogen) atoms. The minimum Gasteiger partial charge on any atom is -0.402 e. The molecule has 0 bridgehead atoms. The second kappa shape index (κ2) is 5.51. The first-order valence-electron chi connectivity index (χ1n) is 5.90. The lowest BCUT2D eigenvalue weighted by molar-refractivity contribution is -0.142. The van der Waals surface area contributed by atoms with Gasteiger partial charge in [-0.05, 0) is 18.9 Å². The van der Waals surface area contributed by atoms with Crippen LogP contribution in [0.4, 0.5) is 13.2 Å². The highest BCUT2D eigenvalue weighted by atomic mass is 19.4. The van der Waals surface area contributed by atoms with Crippen LogP contribution in [0.3, 0.4) is 0 Å². The maximum absolute atomic E-state index is 12.5. The molecule has 9 heteroatoms. The van der Waals surface area contributed by atoms with E-state index in [1.54, 1.807) is 6.92 Å². The molecule has 0 saturated carbocycles. The summed E-state index contributed by atoms with van der Waals surface area (Å²) in [6.45, 7) is 2.96. The average molecular weight is 301 g/mol. The molecule has 0 aliphatic rings. The van der Waals surface area contributed by atoms with Crippen LogP contribution in [0.1, 0.15) is 34.2 Å². The minimum atomic E-state index is -4.61. The van der Waals surface area contributed by atoms with Crippen molar-refractivity contribution in [1.29, 1.82) is 0 Å². The second-order valence-corrected chi connectivity index (χ2v) is 4.13. The summed E-state index contributed by atoms with van der Waals surface area (Å²) in [5.74, 6) is -1.14. The van der Waals surface area contributed by atoms with Gasteiger partial charge in [-0.3, -0.25) is 0 Å². The van der Waals surface area contributed by atoms with Crippen molar-refractivity contribution in [2.24, 2.45) is 0 Å². The van der Waals surface area contributed by atoms with Crippen LogP contribution in [0.15, 0.2) is 16.9 Å². The Kier molecular flexibility index (Phi) is 3.92. The molecule has 6 nitrogen and oxygen atoms in total. The number of halogens is 3. The molecular weight excluding hydrogens is 291 g/mol. The molecule has 0 aliphatic heterocycles. The minimum absolute atomic E-state index is 0.0943. The summed E-state index contributed by atoms with van der Waals surface area (Å²) in [5.41, 5.74) is -0.837. The Hall–Kier alpha value is -2.45. The number of hydrogen-bond acceptors (Lipinski definition) is 6. The fourth-order valence-electron chi connectivity index (χ4n) is 1.62. The number of nitrogens with zero attached hydrogens (tertiary/aromatic N) is 3. The van der Waals surface area contributed by atoms with E-state index in [4.69, 9.17) is 4.74 Å². The van der Waals surface area contributed by atoms with Gasteiger partial charge in [-0.2, -0.15) is 13.2 Å². The van der Waals surface area contributed by atoms with Gasteiger partial charge < -0.3 is 9.26 Å². The zero-order valence-corrected chi connectivity index (χ0v) is 11.1. The van der Waals surface area contributed by atoms with Gasteiger partial charge in [0.25, 0.3) is 0 Å². The van der Waals surface area contributed by atoms with Crippen LogP contribution in [0, 0.1) is 6.92 Å². The first kappa shape index (κ1) is 14.9. The monoisotopic (exact) mass is 301 g/mol. The third-order valence-electron chi connectivity index (χ3n) is 2.63. The van der Waals surface area contributed by atoms with Crippen molar-refractivity contribution in [3.63, 3.8) is 0 Å². The van der Waals surface area contributed by atoms with Crippen LogP contribution in [-0.4, -0.2) is 21.3 Å². The molecule has 0 N–H and O–H groups in total. The van der Waals surface area contributed by atoms with Crippen molar-refractivity contribution in [2.75, 3.05) is 0 Å². The molecular formula is C12H10F3N3O3. The van der Waals surface area contributed by atoms with E-state index in [2.05, 4.69) is 19.9 Å². The van der Waals surface area contributed by atoms with Crippen LogP contribution in [0.25, 0.3) is 0 Å². The van der Waals surface area contributed by atoms with E-state index in [1.165, 1.54) is 6.92 Å². The molecule has 2 aromatic heterocycles. The normalized spacial score (nSPS) is 11.5. The first-order valence-corrected chi connectivity index (χ1v) is 5.90. The number of carbonyl (C=O) groups is 1. The molecule has 112 valence electrons. The summed E-state index contributed by atoms with van der Waals surface area (Å²) in [5, 5.41) is 9.88. The number of alkyl halides is 3. The van der Waals surface area contributed by atoms with Gasteiger partial charge in [-0.15, -0.1) is 10.2 Å². The van der Waals surface area contributed by atoms with Gasteiger partial charge in [-0.25, -0.2) is 4.79 Å². The van der Waals surface area contributed by atoms with E-state index in [0.29, 0.717) is 12.1 Å². The molecule has 2 rings (SSSR count). The summed E-state index contributed by atoms with van der Waals surface area (Å²) < 4.78 is 47.1. The highest BCUT2D eigenvalue weighted by molar-refractivity contribution is 5.91. The smallest absolute Gasteiger partial charge is 0.402 e. The van der Waals surface area contributed by atoms with Crippen molar-refractivity contribution < 1.29 is 27.2 Å². The van der Waals surface area contributed by atoms with Crippen molar-refractivity contribution in [1.82, 2.24) is 15.4 Å². The standard InChI is InChI=1S/C12H10F3N3O3/c1-3-8-7(5-20-18-8)11(19)21-9-4-6(2)10(17-16-9)12(13,14)15/h4-5H,3H2,1-2H3. The van der Waals surface area contributed by atoms with E-state index in [-0.39, 0.29) is 17.0 Å². The Labute approximate surface area is 116 Å². The van der Waals surface area contributed by atoms with Crippen LogP contribution in [0.5, 0.6) is 5.88 Å². The maximum Gasteiger partial charge on any atom is 0.435 e. The van der Waals surface area contributed by atoms with Crippen LogP contribution < -0.4 is 4.74 Å². The molecule has 2 heterocycles. The number of aromatic nitrogens is 3. The molecule has 0 saturated heterocycles. The molecule has 0 aliphatic carbocycles. The van der Waals surface area contributed by atoms with Gasteiger partial charge >= 0.3 is 12.1 Å². The molecule has 0 unspecified atom stereocenters. The molecule has 0 spiro atoms. The summed E-state index contributed by atoms with van der Waals surface area (Å²) >= 11 is 0. The number of esters is 1. The van der Waals surface area contributed by atoms with Crippen molar-refractivity contribution in [3.05, 3.63) is 34.8 Å². The Balaban J connectivity index is 2.21. The molecule has 0 aromatic carbocycles. The van der Waals surface area contributed by atoms with Gasteiger partial charge in [0.2, 0.25) is 5.88 Å². The second-order valence-electron chi connectivity index (χ2n) is 4.13. The molecule has 0 amide bonds. The predicted octanol–water partition coefficient (Wildman–Crippen LogP) is 2.57. The van der Waals surface area contributed by atoms with Gasteiger partial charge in [-0.1, -0.05) is 12.1 Å². The average Bonchev–Trinajstić information content (AvgIpc) is 2.85. The van der Waals surface area contributed by atoms with E-state index in [1.807, 2.05) is 0 Å². The summed E-state index contributed by atoms with van der Waals surface area (Å²) in [6, 6.07) is 0.993. The maximum atomic E-state index is 12.5. The van der Waals surface area contributed by atoms with Crippen LogP contribution >= 0.6 is 0 Å². The van der Waals surface area contributed by atoms with E-state index >= 15 is 0 Å². The molecule has 0 radical (unpaired) electrons. The van der Waals surface area contributed by atoms with E-state index < -0.39 is 17.8 Å². The highest BCUT2D eigenvalue weighted by Crippen LogP contribution is 2.30. The van der Waals surface area contributed by atoms with E-state index in [9.17, 15) is 18.0 Å². The summed E-state index contributed by atoms with van der Waals surface area (Å²) in [7, 11) is 0. The van der Waals surface area contributed by atoms with E-state index in [0.717, 1.165) is 12.3 Å². The lowest BCUT2D eigenvalue weighted by atomic mass is 10.2. The Morgan fingerprint density at radius 3 is 2.67 bits per heavy atom. The van der Waals surface area contributed by atoms with Crippen LogP contribution in [0.2, 0.25) is 0 Å². The number of hydrogen-bond donors (Lipinski definition) is 0. The quantitative estimate of drug-likeness (QED) is 0.811. The molecule has 0 fully saturated rings. The first-order chi connectivity index (χ1) is 9.82. The zero-order chi connectivity index (χ0) is 15.6. The Morgan fingerprint density at radius 1 is 1.38 bits per heavy atom. The van der Waals surface area contributed by atoms with Crippen molar-refractivity contribution >= 4 is 5.97 Å². The SMILES string of the molecule is CCc1nocc1C(=O)Oc1cc(C)c(C(F)(F)F)nn1. The zero-order valence-electron chi connectivity index (χ0n) is 11.1. The van der Waals surface area contributed by atoms with Crippen molar-refractivity contribution in [2.45, 2.75) is 26.4 Å². The highest BCUT2D eigenvalue weighted by Gasteiger charge is 2.35. The topological polar surface area (TPSA) is 78.1 Å². The Morgan fingerprint density at radius 2 is 2.10 bits per heavy atom. The van der Waals surface area contributed by atoms with Gasteiger partial charge in [0, 0.05) is 6.07 Å². The van der Waals surface area contributed by atoms with Gasteiger partial charge in [0.1, 0.15) is 11.8 Å². The molecule has 2 aromatic rings. The number of carbonyl (C=O) groups excluding carboxylic acids is 1. The summed E-state index contributed by atoms with van der Waals surface area (Å²) in [4.78, 5) is 11.8. The van der Waals surface area contributed by atoms with Crippen LogP contribution in [-0.2, 0) is 12.6 Å². The van der Waals surface area contributed by atoms with Gasteiger partial charge in [0.15, 0.2) is 5.69 Å². The number of ether oxygens (including phenoxy) is 1. The predicted molar refractivity (Wildman–Crippen MR) is 62.6 cm³/mol. The third kappa shape index (κ3) is 3.18. The fourth-order valence-corrected chi connectivity index (χ4v) is 1.62.